The van der Waals surface area contributed by atoms with Gasteiger partial charge in [0.2, 0.25) is 10.0 Å². The monoisotopic (exact) mass is 395 g/mol. The van der Waals surface area contributed by atoms with E-state index in [2.05, 4.69) is 0 Å². The first-order chi connectivity index (χ1) is 11.9. The Kier molecular flexibility index (Phi) is 5.99. The fourth-order valence-electron chi connectivity index (χ4n) is 2.52. The van der Waals surface area contributed by atoms with Crippen LogP contribution in [0.2, 0.25) is 0 Å². The predicted molar refractivity (Wildman–Crippen MR) is 86.1 cm³/mol. The van der Waals surface area contributed by atoms with Crippen LogP contribution in [-0.4, -0.2) is 50.1 Å². The average molecular weight is 395 g/mol. The van der Waals surface area contributed by atoms with Crippen LogP contribution in [0.25, 0.3) is 0 Å². The molecule has 1 fully saturated rings. The minimum atomic E-state index is -4.75. The number of benzene rings is 1. The van der Waals surface area contributed by atoms with Crippen LogP contribution in [0, 0.1) is 5.92 Å². The van der Waals surface area contributed by atoms with Gasteiger partial charge in [0.15, 0.2) is 0 Å². The highest BCUT2D eigenvalue weighted by Crippen LogP contribution is 2.33. The maximum Gasteiger partial charge on any atom is 0.416 e. The highest BCUT2D eigenvalue weighted by Gasteiger charge is 2.35. The lowest BCUT2D eigenvalue weighted by atomic mass is 9.96. The minimum absolute atomic E-state index is 0.0173. The molecule has 2 unspecified atom stereocenters. The molecule has 0 saturated carbocycles. The highest BCUT2D eigenvalue weighted by atomic mass is 32.2. The maximum atomic E-state index is 13.2. The second kappa shape index (κ2) is 7.53. The summed E-state index contributed by atoms with van der Waals surface area (Å²) in [7, 11) is -2.89. The smallest absolute Gasteiger partial charge is 0.416 e. The number of aliphatic carboxylic acids is 1. The van der Waals surface area contributed by atoms with Gasteiger partial charge >= 0.3 is 12.1 Å². The summed E-state index contributed by atoms with van der Waals surface area (Å²) in [5, 5.41) is 9.12. The third-order valence-corrected chi connectivity index (χ3v) is 5.99. The first-order valence-electron chi connectivity index (χ1n) is 7.97. The fourth-order valence-corrected chi connectivity index (χ4v) is 3.82. The molecule has 1 heterocycles. The summed E-state index contributed by atoms with van der Waals surface area (Å²) in [6, 6.07) is 2.49. The van der Waals surface area contributed by atoms with Gasteiger partial charge in [0.05, 0.1) is 29.1 Å². The lowest BCUT2D eigenvalue weighted by Crippen LogP contribution is -2.31. The largest absolute Gasteiger partial charge is 0.481 e. The first kappa shape index (κ1) is 20.7. The van der Waals surface area contributed by atoms with Gasteiger partial charge in [-0.15, -0.1) is 0 Å². The number of hydrogen-bond acceptors (Lipinski definition) is 4. The van der Waals surface area contributed by atoms with Gasteiger partial charge in [-0.1, -0.05) is 6.92 Å². The van der Waals surface area contributed by atoms with E-state index in [1.54, 1.807) is 6.92 Å². The first-order valence-corrected chi connectivity index (χ1v) is 9.41. The number of halogens is 3. The van der Waals surface area contributed by atoms with Gasteiger partial charge in [0, 0.05) is 13.6 Å². The number of hydrogen-bond donors (Lipinski definition) is 1. The van der Waals surface area contributed by atoms with Gasteiger partial charge in [-0.2, -0.15) is 17.5 Å². The predicted octanol–water partition coefficient (Wildman–Crippen LogP) is 2.38. The Labute approximate surface area is 149 Å². The van der Waals surface area contributed by atoms with E-state index in [4.69, 9.17) is 9.84 Å². The van der Waals surface area contributed by atoms with Gasteiger partial charge in [-0.25, -0.2) is 8.42 Å². The normalized spacial score (nSPS) is 18.8. The minimum Gasteiger partial charge on any atom is -0.481 e. The molecule has 2 atom stereocenters. The molecule has 1 saturated heterocycles. The number of epoxide rings is 1. The molecule has 0 aromatic heterocycles. The van der Waals surface area contributed by atoms with Crippen molar-refractivity contribution >= 4 is 16.0 Å². The zero-order chi connectivity index (χ0) is 19.7. The Balaban J connectivity index is 2.44. The SMILES string of the molecule is CCC(Cc1cc(C(F)(F)F)cc(S(=O)(=O)N(C)CC2CO2)c1)C(=O)O. The van der Waals surface area contributed by atoms with E-state index in [0.29, 0.717) is 12.7 Å². The molecule has 0 amide bonds. The summed E-state index contributed by atoms with van der Waals surface area (Å²) >= 11 is 0. The number of carboxylic acid groups (broad SMARTS) is 1. The standard InChI is InChI=1S/C16H20F3NO5S/c1-3-11(15(21)22)4-10-5-12(16(17,18)19)7-14(6-10)26(23,24)20(2)8-13-9-25-13/h5-7,11,13H,3-4,8-9H2,1-2H3,(H,21,22). The number of ether oxygens (including phenoxy) is 1. The average Bonchev–Trinajstić information content (AvgIpc) is 3.35. The lowest BCUT2D eigenvalue weighted by Gasteiger charge is -2.19. The maximum absolute atomic E-state index is 13.2. The Hall–Kier alpha value is -1.65. The Morgan fingerprint density at radius 2 is 2.00 bits per heavy atom. The summed E-state index contributed by atoms with van der Waals surface area (Å²) in [6.07, 6.45) is -4.97. The molecule has 1 aromatic rings. The van der Waals surface area contributed by atoms with Crippen LogP contribution in [-0.2, 0) is 32.2 Å². The molecule has 0 aliphatic carbocycles. The van der Waals surface area contributed by atoms with Crippen molar-refractivity contribution in [2.24, 2.45) is 5.92 Å². The van der Waals surface area contributed by atoms with Crippen molar-refractivity contribution in [3.8, 4) is 0 Å². The van der Waals surface area contributed by atoms with Gasteiger partial charge in [-0.3, -0.25) is 4.79 Å². The molecule has 1 aliphatic heterocycles. The summed E-state index contributed by atoms with van der Waals surface area (Å²) in [5.41, 5.74) is -1.10. The molecule has 2 rings (SSSR count). The molecule has 0 spiro atoms. The van der Waals surface area contributed by atoms with Crippen molar-refractivity contribution in [1.82, 2.24) is 4.31 Å². The molecule has 26 heavy (non-hydrogen) atoms. The summed E-state index contributed by atoms with van der Waals surface area (Å²) < 4.78 is 70.7. The Morgan fingerprint density at radius 1 is 1.38 bits per heavy atom. The zero-order valence-electron chi connectivity index (χ0n) is 14.3. The van der Waals surface area contributed by atoms with E-state index >= 15 is 0 Å². The summed E-state index contributed by atoms with van der Waals surface area (Å²) in [5.74, 6) is -2.04. The lowest BCUT2D eigenvalue weighted by molar-refractivity contribution is -0.141. The van der Waals surface area contributed by atoms with Crippen molar-refractivity contribution < 1.29 is 36.2 Å². The van der Waals surface area contributed by atoms with Crippen molar-refractivity contribution in [3.63, 3.8) is 0 Å². The summed E-state index contributed by atoms with van der Waals surface area (Å²) in [4.78, 5) is 10.7. The van der Waals surface area contributed by atoms with Crippen molar-refractivity contribution in [1.29, 1.82) is 0 Å². The molecule has 10 heteroatoms. The van der Waals surface area contributed by atoms with Crippen LogP contribution in [0.15, 0.2) is 23.1 Å². The van der Waals surface area contributed by atoms with E-state index in [1.165, 1.54) is 7.05 Å². The zero-order valence-corrected chi connectivity index (χ0v) is 15.1. The van der Waals surface area contributed by atoms with Crippen molar-refractivity contribution in [3.05, 3.63) is 29.3 Å². The van der Waals surface area contributed by atoms with E-state index < -0.39 is 38.5 Å². The third kappa shape index (κ3) is 4.95. The van der Waals surface area contributed by atoms with Crippen molar-refractivity contribution in [2.45, 2.75) is 36.9 Å². The van der Waals surface area contributed by atoms with Crippen LogP contribution >= 0.6 is 0 Å². The van der Waals surface area contributed by atoms with Crippen LogP contribution in [0.3, 0.4) is 0 Å². The van der Waals surface area contributed by atoms with Gasteiger partial charge in [0.1, 0.15) is 0 Å². The van der Waals surface area contributed by atoms with E-state index in [9.17, 15) is 26.4 Å². The van der Waals surface area contributed by atoms with Gasteiger partial charge in [0.25, 0.3) is 0 Å². The number of nitrogens with zero attached hydrogens (tertiary/aromatic N) is 1. The molecule has 1 aliphatic rings. The van der Waals surface area contributed by atoms with Crippen LogP contribution in [0.4, 0.5) is 13.2 Å². The second-order valence-corrected chi connectivity index (χ2v) is 8.30. The molecular formula is C16H20F3NO5S. The second-order valence-electron chi connectivity index (χ2n) is 6.25. The molecular weight excluding hydrogens is 375 g/mol. The number of alkyl halides is 3. The quantitative estimate of drug-likeness (QED) is 0.683. The third-order valence-electron chi connectivity index (χ3n) is 4.19. The highest BCUT2D eigenvalue weighted by molar-refractivity contribution is 7.89. The van der Waals surface area contributed by atoms with Crippen LogP contribution in [0.1, 0.15) is 24.5 Å². The number of sulfonamides is 1. The Bertz CT molecular complexity index is 775. The fraction of sp³-hybridized carbons (Fsp3) is 0.562. The van der Waals surface area contributed by atoms with E-state index in [1.807, 2.05) is 0 Å². The summed E-state index contributed by atoms with van der Waals surface area (Å²) in [6.45, 7) is 2.05. The molecule has 146 valence electrons. The number of likely N-dealkylation sites (N-methyl/N-ethyl adjacent to an activating group) is 1. The van der Waals surface area contributed by atoms with E-state index in [0.717, 1.165) is 16.4 Å². The number of rotatable bonds is 8. The van der Waals surface area contributed by atoms with Gasteiger partial charge in [-0.05, 0) is 36.6 Å². The van der Waals surface area contributed by atoms with E-state index in [-0.39, 0.29) is 31.1 Å². The molecule has 0 bridgehead atoms. The number of carbonyl (C=O) groups is 1. The topological polar surface area (TPSA) is 87.2 Å². The van der Waals surface area contributed by atoms with Crippen LogP contribution in [0.5, 0.6) is 0 Å². The van der Waals surface area contributed by atoms with Gasteiger partial charge < -0.3 is 9.84 Å². The number of carboxylic acids is 1. The molecule has 1 N–H and O–H groups in total. The van der Waals surface area contributed by atoms with Crippen LogP contribution < -0.4 is 0 Å². The molecule has 0 radical (unpaired) electrons. The van der Waals surface area contributed by atoms with Crippen molar-refractivity contribution in [2.75, 3.05) is 20.2 Å². The Morgan fingerprint density at radius 3 is 2.46 bits per heavy atom. The molecule has 1 aromatic carbocycles. The molecule has 6 nitrogen and oxygen atoms in total.